The van der Waals surface area contributed by atoms with Crippen LogP contribution in [0.15, 0.2) is 12.1 Å². The first-order valence-electron chi connectivity index (χ1n) is 5.80. The first-order valence-corrected chi connectivity index (χ1v) is 5.80. The summed E-state index contributed by atoms with van der Waals surface area (Å²) in [5.74, 6) is -4.97. The van der Waals surface area contributed by atoms with E-state index >= 15 is 0 Å². The summed E-state index contributed by atoms with van der Waals surface area (Å²) < 4.78 is 39.2. The minimum absolute atomic E-state index is 0.164. The number of halogens is 3. The van der Waals surface area contributed by atoms with Gasteiger partial charge in [-0.05, 0) is 6.42 Å². The number of hydrogen-bond donors (Lipinski definition) is 3. The van der Waals surface area contributed by atoms with Crippen molar-refractivity contribution in [2.75, 3.05) is 5.32 Å². The lowest BCUT2D eigenvalue weighted by Crippen LogP contribution is -2.43. The molecule has 0 aliphatic carbocycles. The molecule has 1 unspecified atom stereocenters. The molecule has 0 aliphatic rings. The van der Waals surface area contributed by atoms with E-state index in [0.717, 1.165) is 0 Å². The number of carboxylic acid groups (broad SMARTS) is 1. The molecule has 0 heterocycles. The lowest BCUT2D eigenvalue weighted by molar-refractivity contribution is -0.139. The lowest BCUT2D eigenvalue weighted by atomic mass is 10.2. The molecule has 2 amide bonds. The Labute approximate surface area is 112 Å². The zero-order valence-corrected chi connectivity index (χ0v) is 10.5. The highest BCUT2D eigenvalue weighted by Crippen LogP contribution is 2.19. The number of carbonyl (C=O) groups is 2. The van der Waals surface area contributed by atoms with Crippen LogP contribution in [0.1, 0.15) is 19.8 Å². The van der Waals surface area contributed by atoms with E-state index in [0.29, 0.717) is 18.6 Å². The summed E-state index contributed by atoms with van der Waals surface area (Å²) in [6.07, 6.45) is 0.660. The van der Waals surface area contributed by atoms with Crippen molar-refractivity contribution in [3.05, 3.63) is 29.6 Å². The van der Waals surface area contributed by atoms with Crippen LogP contribution in [-0.2, 0) is 4.79 Å². The Balaban J connectivity index is 2.78. The van der Waals surface area contributed by atoms with Crippen molar-refractivity contribution in [2.45, 2.75) is 25.8 Å². The van der Waals surface area contributed by atoms with Gasteiger partial charge in [-0.25, -0.2) is 22.8 Å². The van der Waals surface area contributed by atoms with E-state index in [1.54, 1.807) is 6.92 Å². The molecule has 0 saturated heterocycles. The number of hydrogen-bond acceptors (Lipinski definition) is 2. The van der Waals surface area contributed by atoms with Gasteiger partial charge in [-0.15, -0.1) is 0 Å². The summed E-state index contributed by atoms with van der Waals surface area (Å²) in [6.45, 7) is 1.72. The Kier molecular flexibility index (Phi) is 5.36. The van der Waals surface area contributed by atoms with E-state index < -0.39 is 41.2 Å². The van der Waals surface area contributed by atoms with Gasteiger partial charge in [-0.3, -0.25) is 0 Å². The van der Waals surface area contributed by atoms with Crippen molar-refractivity contribution in [2.24, 2.45) is 0 Å². The Morgan fingerprint density at radius 2 is 1.80 bits per heavy atom. The SMILES string of the molecule is CCCC(NC(=O)Nc1c(F)cc(F)cc1F)C(=O)O. The van der Waals surface area contributed by atoms with Gasteiger partial charge >= 0.3 is 12.0 Å². The molecular formula is C12H13F3N2O3. The fourth-order valence-electron chi connectivity index (χ4n) is 1.52. The van der Waals surface area contributed by atoms with Crippen molar-refractivity contribution >= 4 is 17.7 Å². The molecule has 1 rings (SSSR count). The van der Waals surface area contributed by atoms with E-state index in [9.17, 15) is 22.8 Å². The van der Waals surface area contributed by atoms with Crippen molar-refractivity contribution in [3.8, 4) is 0 Å². The molecule has 0 saturated carbocycles. The molecule has 110 valence electrons. The molecular weight excluding hydrogens is 277 g/mol. The number of anilines is 1. The maximum Gasteiger partial charge on any atom is 0.326 e. The van der Waals surface area contributed by atoms with Gasteiger partial charge < -0.3 is 15.7 Å². The number of nitrogens with one attached hydrogen (secondary N) is 2. The molecule has 1 aromatic carbocycles. The number of carbonyl (C=O) groups excluding carboxylic acids is 1. The monoisotopic (exact) mass is 290 g/mol. The molecule has 20 heavy (non-hydrogen) atoms. The summed E-state index contributed by atoms with van der Waals surface area (Å²) in [6, 6.07) is -1.46. The number of urea groups is 1. The van der Waals surface area contributed by atoms with Gasteiger partial charge in [0.1, 0.15) is 17.5 Å². The topological polar surface area (TPSA) is 78.4 Å². The third-order valence-corrected chi connectivity index (χ3v) is 2.43. The molecule has 0 aliphatic heterocycles. The third kappa shape index (κ3) is 4.15. The van der Waals surface area contributed by atoms with Crippen LogP contribution in [0, 0.1) is 17.5 Å². The molecule has 0 fully saturated rings. The van der Waals surface area contributed by atoms with E-state index in [-0.39, 0.29) is 6.42 Å². The van der Waals surface area contributed by atoms with Crippen LogP contribution in [0.3, 0.4) is 0 Å². The molecule has 1 atom stereocenters. The summed E-state index contributed by atoms with van der Waals surface area (Å²) in [7, 11) is 0. The number of carboxylic acids is 1. The molecule has 8 heteroatoms. The van der Waals surface area contributed by atoms with Crippen LogP contribution in [0.2, 0.25) is 0 Å². The molecule has 0 aromatic heterocycles. The lowest BCUT2D eigenvalue weighted by Gasteiger charge is -2.14. The smallest absolute Gasteiger partial charge is 0.326 e. The number of amides is 2. The molecule has 0 radical (unpaired) electrons. The van der Waals surface area contributed by atoms with Gasteiger partial charge in [0, 0.05) is 12.1 Å². The highest BCUT2D eigenvalue weighted by molar-refractivity contribution is 5.92. The second-order valence-corrected chi connectivity index (χ2v) is 4.02. The van der Waals surface area contributed by atoms with Gasteiger partial charge in [-0.1, -0.05) is 13.3 Å². The molecule has 5 nitrogen and oxygen atoms in total. The van der Waals surface area contributed by atoms with E-state index in [4.69, 9.17) is 5.11 Å². The molecule has 0 bridgehead atoms. The van der Waals surface area contributed by atoms with Crippen molar-refractivity contribution in [1.29, 1.82) is 0 Å². The van der Waals surface area contributed by atoms with Gasteiger partial charge in [0.25, 0.3) is 0 Å². The Bertz CT molecular complexity index is 500. The predicted molar refractivity (Wildman–Crippen MR) is 64.8 cm³/mol. The fourth-order valence-corrected chi connectivity index (χ4v) is 1.52. The molecule has 1 aromatic rings. The van der Waals surface area contributed by atoms with Crippen LogP contribution in [0.25, 0.3) is 0 Å². The first kappa shape index (κ1) is 15.8. The predicted octanol–water partition coefficient (Wildman–Crippen LogP) is 2.48. The normalized spacial score (nSPS) is 11.8. The van der Waals surface area contributed by atoms with Gasteiger partial charge in [-0.2, -0.15) is 0 Å². The Hall–Kier alpha value is -2.25. The number of aliphatic carboxylic acids is 1. The number of benzene rings is 1. The summed E-state index contributed by atoms with van der Waals surface area (Å²) in [4.78, 5) is 22.3. The second kappa shape index (κ2) is 6.78. The summed E-state index contributed by atoms with van der Waals surface area (Å²) in [5, 5.41) is 12.7. The van der Waals surface area contributed by atoms with Gasteiger partial charge in [0.2, 0.25) is 0 Å². The fraction of sp³-hybridized carbons (Fsp3) is 0.333. The van der Waals surface area contributed by atoms with Crippen molar-refractivity contribution in [1.82, 2.24) is 5.32 Å². The minimum atomic E-state index is -1.29. The highest BCUT2D eigenvalue weighted by atomic mass is 19.1. The van der Waals surface area contributed by atoms with Crippen LogP contribution in [0.4, 0.5) is 23.7 Å². The van der Waals surface area contributed by atoms with Gasteiger partial charge in [0.15, 0.2) is 11.6 Å². The summed E-state index contributed by atoms with van der Waals surface area (Å²) >= 11 is 0. The third-order valence-electron chi connectivity index (χ3n) is 2.43. The van der Waals surface area contributed by atoms with E-state index in [2.05, 4.69) is 5.32 Å². The average molecular weight is 290 g/mol. The largest absolute Gasteiger partial charge is 0.480 e. The summed E-state index contributed by atoms with van der Waals surface area (Å²) in [5.41, 5.74) is -0.843. The van der Waals surface area contributed by atoms with Gasteiger partial charge in [0.05, 0.1) is 0 Å². The van der Waals surface area contributed by atoms with Crippen LogP contribution >= 0.6 is 0 Å². The zero-order chi connectivity index (χ0) is 15.3. The molecule has 0 spiro atoms. The quantitative estimate of drug-likeness (QED) is 0.779. The minimum Gasteiger partial charge on any atom is -0.480 e. The van der Waals surface area contributed by atoms with E-state index in [1.165, 1.54) is 0 Å². The van der Waals surface area contributed by atoms with Crippen molar-refractivity contribution < 1.29 is 27.9 Å². The molecule has 3 N–H and O–H groups in total. The zero-order valence-electron chi connectivity index (χ0n) is 10.5. The highest BCUT2D eigenvalue weighted by Gasteiger charge is 2.20. The van der Waals surface area contributed by atoms with Crippen LogP contribution < -0.4 is 10.6 Å². The Morgan fingerprint density at radius 1 is 1.25 bits per heavy atom. The van der Waals surface area contributed by atoms with Crippen molar-refractivity contribution in [3.63, 3.8) is 0 Å². The maximum atomic E-state index is 13.3. The second-order valence-electron chi connectivity index (χ2n) is 4.02. The van der Waals surface area contributed by atoms with Crippen LogP contribution in [-0.4, -0.2) is 23.1 Å². The average Bonchev–Trinajstić information content (AvgIpc) is 2.33. The standard InChI is InChI=1S/C12H13F3N2O3/c1-2-3-9(11(18)19)16-12(20)17-10-7(14)4-6(13)5-8(10)15/h4-5,9H,2-3H2,1H3,(H,18,19)(H2,16,17,20). The maximum absolute atomic E-state index is 13.3. The van der Waals surface area contributed by atoms with Crippen LogP contribution in [0.5, 0.6) is 0 Å². The number of rotatable bonds is 5. The van der Waals surface area contributed by atoms with E-state index in [1.807, 2.05) is 5.32 Å². The first-order chi connectivity index (χ1) is 9.35. The Morgan fingerprint density at radius 3 is 2.25 bits per heavy atom.